The van der Waals surface area contributed by atoms with Crippen molar-refractivity contribution in [2.75, 3.05) is 14.2 Å². The minimum Gasteiger partial charge on any atom is -0.495 e. The van der Waals surface area contributed by atoms with Gasteiger partial charge in [0, 0.05) is 11.5 Å². The van der Waals surface area contributed by atoms with Gasteiger partial charge in [0.25, 0.3) is 0 Å². The van der Waals surface area contributed by atoms with Gasteiger partial charge >= 0.3 is 0 Å². The zero-order valence-electron chi connectivity index (χ0n) is 13.5. The van der Waals surface area contributed by atoms with Crippen LogP contribution in [-0.4, -0.2) is 28.8 Å². The molecular weight excluding hydrogens is 304 g/mol. The summed E-state index contributed by atoms with van der Waals surface area (Å²) in [6, 6.07) is 11.4. The number of hydrogen-bond acceptors (Lipinski definition) is 5. The average molecular weight is 320 g/mol. The van der Waals surface area contributed by atoms with E-state index in [4.69, 9.17) is 14.7 Å². The van der Waals surface area contributed by atoms with Gasteiger partial charge in [0.2, 0.25) is 0 Å². The zero-order valence-corrected chi connectivity index (χ0v) is 13.5. The number of pyridine rings is 1. The fraction of sp³-hybridized carbons (Fsp3) is 0.278. The van der Waals surface area contributed by atoms with E-state index in [2.05, 4.69) is 16.2 Å². The smallest absolute Gasteiger partial charge is 0.198 e. The molecule has 0 atom stereocenters. The van der Waals surface area contributed by atoms with Gasteiger partial charge in [-0.1, -0.05) is 6.07 Å². The fourth-order valence-corrected chi connectivity index (χ4v) is 2.79. The Hall–Kier alpha value is -3.07. The van der Waals surface area contributed by atoms with Gasteiger partial charge < -0.3 is 9.47 Å². The van der Waals surface area contributed by atoms with Crippen molar-refractivity contribution in [2.24, 2.45) is 0 Å². The van der Waals surface area contributed by atoms with Gasteiger partial charge in [-0.3, -0.25) is 0 Å². The molecule has 6 nitrogen and oxygen atoms in total. The lowest BCUT2D eigenvalue weighted by Gasteiger charge is -2.09. The second-order valence-corrected chi connectivity index (χ2v) is 5.79. The molecule has 0 bridgehead atoms. The van der Waals surface area contributed by atoms with Crippen LogP contribution in [-0.2, 0) is 0 Å². The minimum atomic E-state index is 0.456. The van der Waals surface area contributed by atoms with E-state index < -0.39 is 0 Å². The summed E-state index contributed by atoms with van der Waals surface area (Å²) in [5.74, 6) is 2.56. The Morgan fingerprint density at radius 2 is 1.92 bits per heavy atom. The molecule has 1 aliphatic rings. The van der Waals surface area contributed by atoms with Crippen molar-refractivity contribution in [1.29, 1.82) is 5.26 Å². The van der Waals surface area contributed by atoms with Crippen molar-refractivity contribution in [3.05, 3.63) is 41.7 Å². The Morgan fingerprint density at radius 1 is 1.12 bits per heavy atom. The van der Waals surface area contributed by atoms with Crippen LogP contribution < -0.4 is 9.47 Å². The summed E-state index contributed by atoms with van der Waals surface area (Å²) >= 11 is 0. The normalized spacial score (nSPS) is 13.7. The van der Waals surface area contributed by atoms with Crippen LogP contribution >= 0.6 is 0 Å². The molecule has 0 aliphatic heterocycles. The largest absolute Gasteiger partial charge is 0.495 e. The van der Waals surface area contributed by atoms with Crippen molar-refractivity contribution in [1.82, 2.24) is 14.6 Å². The highest BCUT2D eigenvalue weighted by Gasteiger charge is 2.29. The SMILES string of the molecule is COc1cc(-c2ccc(OC)c3nc(C4CC4)nn23)ccc1C#N. The highest BCUT2D eigenvalue weighted by Crippen LogP contribution is 2.39. The summed E-state index contributed by atoms with van der Waals surface area (Å²) in [5.41, 5.74) is 3.00. The lowest BCUT2D eigenvalue weighted by Crippen LogP contribution is -1.98. The molecule has 4 rings (SSSR count). The van der Waals surface area contributed by atoms with Crippen molar-refractivity contribution >= 4 is 5.65 Å². The maximum atomic E-state index is 9.15. The molecule has 0 unspecified atom stereocenters. The fourth-order valence-electron chi connectivity index (χ4n) is 2.79. The molecule has 120 valence electrons. The van der Waals surface area contributed by atoms with E-state index >= 15 is 0 Å². The first-order chi connectivity index (χ1) is 11.7. The monoisotopic (exact) mass is 320 g/mol. The molecule has 0 amide bonds. The van der Waals surface area contributed by atoms with Gasteiger partial charge in [-0.25, -0.2) is 9.50 Å². The van der Waals surface area contributed by atoms with Crippen LogP contribution in [0.15, 0.2) is 30.3 Å². The standard InChI is InChI=1S/C18H16N4O2/c1-23-15-8-7-14(12-5-6-13(10-19)16(9-12)24-2)22-18(15)20-17(21-22)11-3-4-11/h5-9,11H,3-4H2,1-2H3. The summed E-state index contributed by atoms with van der Waals surface area (Å²) < 4.78 is 12.6. The molecule has 24 heavy (non-hydrogen) atoms. The van der Waals surface area contributed by atoms with E-state index in [1.54, 1.807) is 20.3 Å². The third kappa shape index (κ3) is 2.26. The summed E-state index contributed by atoms with van der Waals surface area (Å²) in [5, 5.41) is 13.8. The second kappa shape index (κ2) is 5.53. The maximum Gasteiger partial charge on any atom is 0.198 e. The van der Waals surface area contributed by atoms with Crippen molar-refractivity contribution in [2.45, 2.75) is 18.8 Å². The Labute approximate surface area is 139 Å². The minimum absolute atomic E-state index is 0.456. The Morgan fingerprint density at radius 3 is 2.58 bits per heavy atom. The lowest BCUT2D eigenvalue weighted by molar-refractivity contribution is 0.413. The number of methoxy groups -OCH3 is 2. The number of benzene rings is 1. The summed E-state index contributed by atoms with van der Waals surface area (Å²) in [4.78, 5) is 4.65. The predicted molar refractivity (Wildman–Crippen MR) is 88.2 cm³/mol. The Kier molecular flexibility index (Phi) is 3.35. The van der Waals surface area contributed by atoms with Crippen LogP contribution in [0.25, 0.3) is 16.9 Å². The van der Waals surface area contributed by atoms with E-state index in [1.165, 1.54) is 0 Å². The zero-order chi connectivity index (χ0) is 16.7. The first-order valence-corrected chi connectivity index (χ1v) is 7.77. The average Bonchev–Trinajstić information content (AvgIpc) is 3.38. The third-order valence-electron chi connectivity index (χ3n) is 4.24. The maximum absolute atomic E-state index is 9.15. The molecule has 1 aliphatic carbocycles. The molecule has 0 spiro atoms. The van der Waals surface area contributed by atoms with Gasteiger partial charge in [-0.05, 0) is 37.1 Å². The van der Waals surface area contributed by atoms with Crippen LogP contribution in [0.1, 0.15) is 30.1 Å². The molecule has 3 aromatic rings. The number of nitrogens with zero attached hydrogens (tertiary/aromatic N) is 4. The molecule has 1 fully saturated rings. The van der Waals surface area contributed by atoms with E-state index in [0.29, 0.717) is 28.6 Å². The lowest BCUT2D eigenvalue weighted by atomic mass is 10.1. The topological polar surface area (TPSA) is 72.4 Å². The molecule has 2 aromatic heterocycles. The number of fused-ring (bicyclic) bond motifs is 1. The second-order valence-electron chi connectivity index (χ2n) is 5.79. The van der Waals surface area contributed by atoms with E-state index in [-0.39, 0.29) is 0 Å². The van der Waals surface area contributed by atoms with Crippen molar-refractivity contribution in [3.63, 3.8) is 0 Å². The van der Waals surface area contributed by atoms with Crippen LogP contribution in [0.4, 0.5) is 0 Å². The number of aromatic nitrogens is 3. The predicted octanol–water partition coefficient (Wildman–Crippen LogP) is 3.16. The Bertz CT molecular complexity index is 967. The van der Waals surface area contributed by atoms with Gasteiger partial charge in [0.15, 0.2) is 17.2 Å². The van der Waals surface area contributed by atoms with Crippen LogP contribution in [0.2, 0.25) is 0 Å². The first kappa shape index (κ1) is 14.5. The van der Waals surface area contributed by atoms with Crippen molar-refractivity contribution < 1.29 is 9.47 Å². The van der Waals surface area contributed by atoms with Gasteiger partial charge in [-0.15, -0.1) is 0 Å². The number of rotatable bonds is 4. The quantitative estimate of drug-likeness (QED) is 0.738. The summed E-state index contributed by atoms with van der Waals surface area (Å²) in [6.45, 7) is 0. The number of nitriles is 1. The molecule has 0 N–H and O–H groups in total. The molecule has 0 saturated heterocycles. The van der Waals surface area contributed by atoms with Crippen LogP contribution in [0.5, 0.6) is 11.5 Å². The molecule has 0 radical (unpaired) electrons. The number of hydrogen-bond donors (Lipinski definition) is 0. The van der Waals surface area contributed by atoms with Crippen molar-refractivity contribution in [3.8, 4) is 28.8 Å². The molecule has 1 aromatic carbocycles. The van der Waals surface area contributed by atoms with Gasteiger partial charge in [-0.2, -0.15) is 10.4 Å². The summed E-state index contributed by atoms with van der Waals surface area (Å²) in [6.07, 6.45) is 2.28. The molecule has 1 saturated carbocycles. The molecule has 2 heterocycles. The highest BCUT2D eigenvalue weighted by atomic mass is 16.5. The molecule has 6 heteroatoms. The van der Waals surface area contributed by atoms with Gasteiger partial charge in [0.05, 0.1) is 25.5 Å². The van der Waals surface area contributed by atoms with E-state index in [0.717, 1.165) is 29.9 Å². The highest BCUT2D eigenvalue weighted by molar-refractivity contribution is 5.69. The summed E-state index contributed by atoms with van der Waals surface area (Å²) in [7, 11) is 3.19. The molecular formula is C18H16N4O2. The van der Waals surface area contributed by atoms with E-state index in [9.17, 15) is 0 Å². The number of ether oxygens (including phenoxy) is 2. The van der Waals surface area contributed by atoms with E-state index in [1.807, 2.05) is 28.8 Å². The first-order valence-electron chi connectivity index (χ1n) is 7.77. The van der Waals surface area contributed by atoms with Crippen LogP contribution in [0.3, 0.4) is 0 Å². The van der Waals surface area contributed by atoms with Gasteiger partial charge in [0.1, 0.15) is 11.8 Å². The van der Waals surface area contributed by atoms with Crippen LogP contribution in [0, 0.1) is 11.3 Å². The Balaban J connectivity index is 1.92. The third-order valence-corrected chi connectivity index (χ3v) is 4.24.